The number of aromatic nitrogens is 3. The number of fused-ring (bicyclic) bond motifs is 1. The van der Waals surface area contributed by atoms with Gasteiger partial charge in [0.15, 0.2) is 0 Å². The molecule has 0 unspecified atom stereocenters. The number of halogens is 2. The minimum Gasteiger partial charge on any atom is -0.418 e. The van der Waals surface area contributed by atoms with Crippen LogP contribution in [0.1, 0.15) is 0 Å². The lowest BCUT2D eigenvalue weighted by molar-refractivity contribution is 0.442. The highest BCUT2D eigenvalue weighted by Crippen LogP contribution is 2.26. The van der Waals surface area contributed by atoms with E-state index in [0.717, 1.165) is 0 Å². The summed E-state index contributed by atoms with van der Waals surface area (Å²) in [5.74, 6) is 0.390. The van der Waals surface area contributed by atoms with E-state index in [1.807, 2.05) is 0 Å². The maximum atomic E-state index is 10.1. The first kappa shape index (κ1) is 12.9. The summed E-state index contributed by atoms with van der Waals surface area (Å²) in [5, 5.41) is 9.53. The minimum atomic E-state index is 0.390. The molecule has 20 heavy (non-hydrogen) atoms. The van der Waals surface area contributed by atoms with Crippen molar-refractivity contribution in [3.8, 4) is 11.4 Å². The molecule has 0 fully saturated rings. The van der Waals surface area contributed by atoms with Gasteiger partial charge in [0, 0.05) is 5.02 Å². The summed E-state index contributed by atoms with van der Waals surface area (Å²) in [7, 11) is 0. The summed E-state index contributed by atoms with van der Waals surface area (Å²) >= 11 is 12.0. The van der Waals surface area contributed by atoms with E-state index in [2.05, 4.69) is 14.9 Å². The second kappa shape index (κ2) is 5.11. The predicted molar refractivity (Wildman–Crippen MR) is 75.2 cm³/mol. The zero-order valence-corrected chi connectivity index (χ0v) is 11.4. The Kier molecular flexibility index (Phi) is 3.30. The van der Waals surface area contributed by atoms with Crippen molar-refractivity contribution in [3.63, 3.8) is 0 Å². The summed E-state index contributed by atoms with van der Waals surface area (Å²) in [6.07, 6.45) is 0. The van der Waals surface area contributed by atoms with Crippen molar-refractivity contribution in [1.29, 1.82) is 0 Å². The summed E-state index contributed by atoms with van der Waals surface area (Å²) in [4.78, 5) is 11.5. The molecule has 0 aliphatic carbocycles. The monoisotopic (exact) mass is 306 g/mol. The van der Waals surface area contributed by atoms with Crippen LogP contribution in [0.2, 0.25) is 10.0 Å². The molecule has 0 atom stereocenters. The first-order chi connectivity index (χ1) is 9.67. The molecule has 99 valence electrons. The van der Waals surface area contributed by atoms with E-state index in [9.17, 15) is 4.79 Å². The van der Waals surface area contributed by atoms with Gasteiger partial charge in [-0.05, 0) is 36.4 Å². The highest BCUT2D eigenvalue weighted by atomic mass is 35.5. The van der Waals surface area contributed by atoms with E-state index in [0.29, 0.717) is 32.5 Å². The lowest BCUT2D eigenvalue weighted by atomic mass is 10.3. The summed E-state index contributed by atoms with van der Waals surface area (Å²) < 4.78 is 4.60. The highest BCUT2D eigenvalue weighted by Gasteiger charge is 2.09. The largest absolute Gasteiger partial charge is 0.423 e. The Hall–Kier alpha value is -2.11. The zero-order valence-electron chi connectivity index (χ0n) is 9.88. The van der Waals surface area contributed by atoms with Crippen molar-refractivity contribution in [1.82, 2.24) is 15.0 Å². The Balaban J connectivity index is 2.05. The van der Waals surface area contributed by atoms with Gasteiger partial charge in [0.05, 0.1) is 10.7 Å². The average Bonchev–Trinajstić information content (AvgIpc) is 2.84. The average molecular weight is 307 g/mol. The van der Waals surface area contributed by atoms with Crippen molar-refractivity contribution >= 4 is 40.7 Å². The number of nitrogens with zero attached hydrogens (tertiary/aromatic N) is 3. The van der Waals surface area contributed by atoms with Crippen LogP contribution in [0.3, 0.4) is 0 Å². The molecule has 0 spiro atoms. The van der Waals surface area contributed by atoms with E-state index >= 15 is 0 Å². The molecular weight excluding hydrogens is 301 g/mol. The highest BCUT2D eigenvalue weighted by molar-refractivity contribution is 6.38. The summed E-state index contributed by atoms with van der Waals surface area (Å²) in [5.41, 5.74) is 1.87. The van der Waals surface area contributed by atoms with Crippen molar-refractivity contribution in [2.75, 3.05) is 0 Å². The molecule has 2 aromatic carbocycles. The smallest absolute Gasteiger partial charge is 0.418 e. The van der Waals surface area contributed by atoms with Crippen molar-refractivity contribution in [3.05, 3.63) is 46.4 Å². The molecular formula is C13H6Cl2N3O2. The zero-order chi connectivity index (χ0) is 14.1. The van der Waals surface area contributed by atoms with Crippen LogP contribution in [-0.2, 0) is 4.79 Å². The van der Waals surface area contributed by atoms with Crippen LogP contribution in [0.5, 0.6) is 5.75 Å². The van der Waals surface area contributed by atoms with E-state index in [4.69, 9.17) is 23.2 Å². The Morgan fingerprint density at radius 3 is 2.55 bits per heavy atom. The fourth-order valence-electron chi connectivity index (χ4n) is 1.76. The molecule has 0 aliphatic heterocycles. The molecule has 3 rings (SSSR count). The quantitative estimate of drug-likeness (QED) is 0.746. The lowest BCUT2D eigenvalue weighted by Gasteiger charge is -2.00. The number of hydrogen-bond donors (Lipinski definition) is 0. The third kappa shape index (κ3) is 2.33. The van der Waals surface area contributed by atoms with Gasteiger partial charge in [0.1, 0.15) is 16.8 Å². The summed E-state index contributed by atoms with van der Waals surface area (Å²) in [6, 6.07) is 9.94. The number of hydrogen-bond acceptors (Lipinski definition) is 4. The van der Waals surface area contributed by atoms with Gasteiger partial charge in [-0.3, -0.25) is 0 Å². The van der Waals surface area contributed by atoms with Crippen molar-refractivity contribution in [2.24, 2.45) is 0 Å². The molecule has 0 saturated heterocycles. The molecule has 0 saturated carbocycles. The Labute approximate surface area is 123 Å². The van der Waals surface area contributed by atoms with Crippen LogP contribution in [0.25, 0.3) is 16.7 Å². The van der Waals surface area contributed by atoms with Gasteiger partial charge in [0.25, 0.3) is 0 Å². The van der Waals surface area contributed by atoms with Crippen LogP contribution in [-0.4, -0.2) is 21.5 Å². The predicted octanol–water partition coefficient (Wildman–Crippen LogP) is 3.17. The molecule has 1 heterocycles. The fraction of sp³-hybridized carbons (Fsp3) is 0. The van der Waals surface area contributed by atoms with Crippen molar-refractivity contribution < 1.29 is 9.53 Å². The van der Waals surface area contributed by atoms with Gasteiger partial charge in [-0.1, -0.05) is 23.2 Å². The van der Waals surface area contributed by atoms with Gasteiger partial charge in [-0.2, -0.15) is 4.80 Å². The SMILES string of the molecule is O=[C]Oc1ccc(-n2nc3cc(Cl)cc(Cl)c3n2)cc1. The third-order valence-electron chi connectivity index (χ3n) is 2.63. The lowest BCUT2D eigenvalue weighted by Crippen LogP contribution is -1.98. The fourth-order valence-corrected chi connectivity index (χ4v) is 2.28. The normalized spacial score (nSPS) is 10.7. The maximum Gasteiger partial charge on any atom is 0.423 e. The second-order valence-electron chi connectivity index (χ2n) is 3.92. The van der Waals surface area contributed by atoms with Gasteiger partial charge in [-0.25, -0.2) is 4.79 Å². The molecule has 0 bridgehead atoms. The maximum absolute atomic E-state index is 10.1. The van der Waals surface area contributed by atoms with E-state index in [1.54, 1.807) is 36.4 Å². The van der Waals surface area contributed by atoms with Crippen LogP contribution in [0.4, 0.5) is 0 Å². The van der Waals surface area contributed by atoms with Gasteiger partial charge >= 0.3 is 6.47 Å². The van der Waals surface area contributed by atoms with E-state index < -0.39 is 0 Å². The molecule has 0 N–H and O–H groups in total. The van der Waals surface area contributed by atoms with Crippen LogP contribution >= 0.6 is 23.2 Å². The Bertz CT molecular complexity index is 784. The van der Waals surface area contributed by atoms with E-state index in [-0.39, 0.29) is 0 Å². The van der Waals surface area contributed by atoms with E-state index in [1.165, 1.54) is 11.3 Å². The molecule has 5 nitrogen and oxygen atoms in total. The molecule has 0 amide bonds. The van der Waals surface area contributed by atoms with Gasteiger partial charge in [-0.15, -0.1) is 10.2 Å². The number of ether oxygens (including phenoxy) is 1. The molecule has 1 radical (unpaired) electrons. The van der Waals surface area contributed by atoms with Crippen LogP contribution in [0, 0.1) is 0 Å². The molecule has 3 aromatic rings. The van der Waals surface area contributed by atoms with Gasteiger partial charge in [0.2, 0.25) is 0 Å². The Morgan fingerprint density at radius 1 is 1.10 bits per heavy atom. The van der Waals surface area contributed by atoms with Crippen molar-refractivity contribution in [2.45, 2.75) is 0 Å². The van der Waals surface area contributed by atoms with Crippen LogP contribution < -0.4 is 4.74 Å². The third-order valence-corrected chi connectivity index (χ3v) is 3.14. The standard InChI is InChI=1S/C13H6Cl2N3O2/c14-8-5-11(15)13-12(6-8)16-18(17-13)9-1-3-10(4-2-9)20-7-19/h1-6H. The number of benzene rings is 2. The topological polar surface area (TPSA) is 57.0 Å². The first-order valence-corrected chi connectivity index (χ1v) is 6.29. The first-order valence-electron chi connectivity index (χ1n) is 5.54. The molecule has 7 heteroatoms. The number of rotatable bonds is 3. The van der Waals surface area contributed by atoms with Crippen LogP contribution in [0.15, 0.2) is 36.4 Å². The minimum absolute atomic E-state index is 0.390. The second-order valence-corrected chi connectivity index (χ2v) is 4.77. The molecule has 1 aromatic heterocycles. The molecule has 0 aliphatic rings. The Morgan fingerprint density at radius 2 is 1.85 bits per heavy atom. The summed E-state index contributed by atoms with van der Waals surface area (Å²) in [6.45, 7) is 1.36. The van der Waals surface area contributed by atoms with Gasteiger partial charge < -0.3 is 4.74 Å². The number of carbonyl (C=O) groups excluding carboxylic acids is 1.